The van der Waals surface area contributed by atoms with Crippen LogP contribution in [-0.2, 0) is 6.18 Å². The van der Waals surface area contributed by atoms with E-state index in [1.807, 2.05) is 44.2 Å². The van der Waals surface area contributed by atoms with Crippen LogP contribution in [0.15, 0.2) is 54.6 Å². The molecule has 0 atom stereocenters. The van der Waals surface area contributed by atoms with Crippen molar-refractivity contribution in [3.8, 4) is 17.0 Å². The molecule has 152 valence electrons. The Hall–Kier alpha value is -3.29. The van der Waals surface area contributed by atoms with Crippen LogP contribution in [0.5, 0.6) is 5.75 Å². The molecule has 3 aromatic rings. The van der Waals surface area contributed by atoms with Crippen molar-refractivity contribution in [3.05, 3.63) is 60.2 Å². The lowest BCUT2D eigenvalue weighted by molar-refractivity contribution is -0.138. The van der Waals surface area contributed by atoms with Gasteiger partial charge in [-0.1, -0.05) is 30.3 Å². The van der Waals surface area contributed by atoms with Crippen LogP contribution in [0.1, 0.15) is 19.4 Å². The fourth-order valence-electron chi connectivity index (χ4n) is 2.75. The molecule has 2 aromatic carbocycles. The number of anilines is 3. The number of rotatable bonds is 6. The quantitative estimate of drug-likeness (QED) is 0.551. The van der Waals surface area contributed by atoms with Crippen molar-refractivity contribution in [2.24, 2.45) is 0 Å². The van der Waals surface area contributed by atoms with E-state index < -0.39 is 11.7 Å². The Morgan fingerprint density at radius 2 is 1.69 bits per heavy atom. The van der Waals surface area contributed by atoms with Crippen molar-refractivity contribution in [1.29, 1.82) is 0 Å². The van der Waals surface area contributed by atoms with Crippen LogP contribution in [-0.4, -0.2) is 23.1 Å². The summed E-state index contributed by atoms with van der Waals surface area (Å²) in [6, 6.07) is 15.0. The van der Waals surface area contributed by atoms with E-state index in [-0.39, 0.29) is 17.5 Å². The fraction of sp³-hybridized carbons (Fsp3) is 0.238. The zero-order chi connectivity index (χ0) is 21.0. The van der Waals surface area contributed by atoms with Gasteiger partial charge in [0.1, 0.15) is 11.6 Å². The highest BCUT2D eigenvalue weighted by Crippen LogP contribution is 2.38. The summed E-state index contributed by atoms with van der Waals surface area (Å²) < 4.78 is 44.7. The zero-order valence-electron chi connectivity index (χ0n) is 16.2. The minimum atomic E-state index is -4.53. The topological polar surface area (TPSA) is 59.1 Å². The number of ether oxygens (including phenoxy) is 1. The van der Waals surface area contributed by atoms with Gasteiger partial charge in [-0.15, -0.1) is 0 Å². The van der Waals surface area contributed by atoms with Crippen molar-refractivity contribution < 1.29 is 17.9 Å². The molecule has 0 fully saturated rings. The fourth-order valence-corrected chi connectivity index (χ4v) is 2.75. The van der Waals surface area contributed by atoms with Gasteiger partial charge < -0.3 is 15.4 Å². The van der Waals surface area contributed by atoms with E-state index in [0.29, 0.717) is 17.5 Å². The number of nitrogens with zero attached hydrogens (tertiary/aromatic N) is 2. The molecule has 3 rings (SSSR count). The van der Waals surface area contributed by atoms with E-state index in [9.17, 15) is 13.2 Å². The molecule has 1 heterocycles. The normalized spacial score (nSPS) is 11.4. The molecule has 0 aliphatic rings. The first-order valence-electron chi connectivity index (χ1n) is 8.99. The lowest BCUT2D eigenvalue weighted by Crippen LogP contribution is -2.13. The molecule has 5 nitrogen and oxygen atoms in total. The summed E-state index contributed by atoms with van der Waals surface area (Å²) in [5.41, 5.74) is 0.903. The van der Waals surface area contributed by atoms with Gasteiger partial charge in [-0.2, -0.15) is 18.2 Å². The van der Waals surface area contributed by atoms with Gasteiger partial charge in [-0.3, -0.25) is 0 Å². The van der Waals surface area contributed by atoms with Gasteiger partial charge in [-0.25, -0.2) is 4.98 Å². The highest BCUT2D eigenvalue weighted by Gasteiger charge is 2.34. The monoisotopic (exact) mass is 402 g/mol. The molecule has 0 spiro atoms. The van der Waals surface area contributed by atoms with E-state index in [4.69, 9.17) is 4.74 Å². The van der Waals surface area contributed by atoms with E-state index in [1.165, 1.54) is 19.2 Å². The van der Waals surface area contributed by atoms with Crippen LogP contribution in [0.2, 0.25) is 0 Å². The molecule has 0 bridgehead atoms. The van der Waals surface area contributed by atoms with Crippen LogP contribution >= 0.6 is 0 Å². The van der Waals surface area contributed by atoms with Crippen LogP contribution < -0.4 is 15.4 Å². The van der Waals surface area contributed by atoms with Gasteiger partial charge in [0.2, 0.25) is 5.95 Å². The second-order valence-corrected chi connectivity index (χ2v) is 6.66. The maximum absolute atomic E-state index is 13.3. The Balaban J connectivity index is 2.00. The first kappa shape index (κ1) is 20.4. The number of hydrogen-bond acceptors (Lipinski definition) is 5. The van der Waals surface area contributed by atoms with E-state index in [0.717, 1.165) is 11.6 Å². The summed E-state index contributed by atoms with van der Waals surface area (Å²) in [7, 11) is 1.21. The highest BCUT2D eigenvalue weighted by molar-refractivity contribution is 5.68. The molecule has 1 aromatic heterocycles. The Kier molecular flexibility index (Phi) is 5.91. The molecule has 2 N–H and O–H groups in total. The van der Waals surface area contributed by atoms with E-state index in [2.05, 4.69) is 20.6 Å². The highest BCUT2D eigenvalue weighted by atomic mass is 19.4. The minimum Gasteiger partial charge on any atom is -0.496 e. The van der Waals surface area contributed by atoms with Crippen molar-refractivity contribution in [3.63, 3.8) is 0 Å². The molecule has 0 saturated heterocycles. The second-order valence-electron chi connectivity index (χ2n) is 6.66. The third kappa shape index (κ3) is 5.16. The van der Waals surface area contributed by atoms with Crippen LogP contribution in [0.25, 0.3) is 11.3 Å². The van der Waals surface area contributed by atoms with Crippen LogP contribution in [0, 0.1) is 0 Å². The van der Waals surface area contributed by atoms with Crippen molar-refractivity contribution in [2.45, 2.75) is 26.1 Å². The Morgan fingerprint density at radius 1 is 0.966 bits per heavy atom. The summed E-state index contributed by atoms with van der Waals surface area (Å²) in [4.78, 5) is 8.89. The third-order valence-electron chi connectivity index (χ3n) is 3.99. The maximum atomic E-state index is 13.3. The molecule has 29 heavy (non-hydrogen) atoms. The summed E-state index contributed by atoms with van der Waals surface area (Å²) >= 11 is 0. The first-order chi connectivity index (χ1) is 13.8. The number of alkyl halides is 3. The van der Waals surface area contributed by atoms with Crippen LogP contribution in [0.4, 0.5) is 30.6 Å². The molecule has 0 aliphatic carbocycles. The molecule has 0 aliphatic heterocycles. The molecular formula is C21H21F3N4O. The molecular weight excluding hydrogens is 381 g/mol. The van der Waals surface area contributed by atoms with Gasteiger partial charge >= 0.3 is 6.18 Å². The molecule has 0 saturated carbocycles. The molecule has 0 amide bonds. The summed E-state index contributed by atoms with van der Waals surface area (Å²) in [6.07, 6.45) is -4.53. The van der Waals surface area contributed by atoms with Crippen molar-refractivity contribution in [2.75, 3.05) is 17.7 Å². The molecule has 0 unspecified atom stereocenters. The number of hydrogen-bond donors (Lipinski definition) is 2. The van der Waals surface area contributed by atoms with Crippen molar-refractivity contribution >= 4 is 17.5 Å². The number of methoxy groups -OCH3 is 1. The summed E-state index contributed by atoms with van der Waals surface area (Å²) in [6.45, 7) is 3.90. The van der Waals surface area contributed by atoms with Gasteiger partial charge in [0.15, 0.2) is 0 Å². The molecule has 0 radical (unpaired) electrons. The lowest BCUT2D eigenvalue weighted by Gasteiger charge is -2.16. The van der Waals surface area contributed by atoms with Gasteiger partial charge in [0.05, 0.1) is 18.4 Å². The zero-order valence-corrected chi connectivity index (χ0v) is 16.2. The summed E-state index contributed by atoms with van der Waals surface area (Å²) in [5, 5.41) is 6.08. The lowest BCUT2D eigenvalue weighted by atomic mass is 10.1. The predicted octanol–water partition coefficient (Wildman–Crippen LogP) is 5.73. The van der Waals surface area contributed by atoms with Gasteiger partial charge in [-0.05, 0) is 32.0 Å². The first-order valence-corrected chi connectivity index (χ1v) is 8.99. The van der Waals surface area contributed by atoms with Crippen molar-refractivity contribution in [1.82, 2.24) is 9.97 Å². The van der Waals surface area contributed by atoms with E-state index in [1.54, 1.807) is 6.07 Å². The summed E-state index contributed by atoms with van der Waals surface area (Å²) in [5.74, 6) is 0.520. The largest absolute Gasteiger partial charge is 0.496 e. The van der Waals surface area contributed by atoms with Crippen LogP contribution in [0.3, 0.4) is 0 Å². The minimum absolute atomic E-state index is 0.0895. The number of halogens is 3. The average Bonchev–Trinajstić information content (AvgIpc) is 2.67. The predicted molar refractivity (Wildman–Crippen MR) is 108 cm³/mol. The van der Waals surface area contributed by atoms with E-state index >= 15 is 0 Å². The Morgan fingerprint density at radius 3 is 2.31 bits per heavy atom. The van der Waals surface area contributed by atoms with Gasteiger partial charge in [0, 0.05) is 23.4 Å². The molecule has 8 heteroatoms. The Bertz CT molecular complexity index is 975. The standard InChI is InChI=1S/C21H21F3N4O/c1-13(2)25-20-27-17(14-7-5-4-6-8-14)12-19(28-20)26-15-9-10-18(29-3)16(11-15)21(22,23)24/h4-13H,1-3H3,(H2,25,26,27,28). The smallest absolute Gasteiger partial charge is 0.420 e. The maximum Gasteiger partial charge on any atom is 0.420 e. The number of benzene rings is 2. The number of nitrogens with one attached hydrogen (secondary N) is 2. The third-order valence-corrected chi connectivity index (χ3v) is 3.99. The average molecular weight is 402 g/mol. The number of aromatic nitrogens is 2. The second kappa shape index (κ2) is 8.38. The SMILES string of the molecule is COc1ccc(Nc2cc(-c3ccccc3)nc(NC(C)C)n2)cc1C(F)(F)F. The van der Waals surface area contributed by atoms with Gasteiger partial charge in [0.25, 0.3) is 0 Å². The Labute approximate surface area is 167 Å².